The predicted molar refractivity (Wildman–Crippen MR) is 65.4 cm³/mol. The van der Waals surface area contributed by atoms with E-state index in [2.05, 4.69) is 15.4 Å². The third-order valence-electron chi connectivity index (χ3n) is 2.87. The monoisotopic (exact) mass is 253 g/mol. The second kappa shape index (κ2) is 5.97. The van der Waals surface area contributed by atoms with E-state index in [4.69, 9.17) is 9.26 Å². The predicted octanol–water partition coefficient (Wildman–Crippen LogP) is 0.434. The van der Waals surface area contributed by atoms with Crippen molar-refractivity contribution in [2.24, 2.45) is 0 Å². The summed E-state index contributed by atoms with van der Waals surface area (Å²) >= 11 is 0. The van der Waals surface area contributed by atoms with Crippen molar-refractivity contribution >= 4 is 5.91 Å². The molecule has 18 heavy (non-hydrogen) atoms. The molecule has 1 aliphatic rings. The molecule has 0 spiro atoms. The van der Waals surface area contributed by atoms with E-state index in [1.807, 2.05) is 6.92 Å². The third-order valence-corrected chi connectivity index (χ3v) is 2.87. The Morgan fingerprint density at radius 1 is 1.56 bits per heavy atom. The largest absolute Gasteiger partial charge is 0.379 e. The minimum atomic E-state index is -0.212. The molecular weight excluding hydrogens is 234 g/mol. The van der Waals surface area contributed by atoms with Gasteiger partial charge in [-0.05, 0) is 13.8 Å². The van der Waals surface area contributed by atoms with Crippen LogP contribution in [0.2, 0.25) is 0 Å². The number of ether oxygens (including phenoxy) is 1. The molecule has 2 rings (SSSR count). The first-order valence-electron chi connectivity index (χ1n) is 6.19. The summed E-state index contributed by atoms with van der Waals surface area (Å²) < 4.78 is 10.2. The van der Waals surface area contributed by atoms with Gasteiger partial charge in [0.25, 0.3) is 5.91 Å². The first kappa shape index (κ1) is 13.0. The smallest absolute Gasteiger partial charge is 0.290 e. The van der Waals surface area contributed by atoms with E-state index in [-0.39, 0.29) is 17.7 Å². The molecule has 1 aromatic rings. The van der Waals surface area contributed by atoms with E-state index < -0.39 is 0 Å². The molecule has 0 radical (unpaired) electrons. The highest BCUT2D eigenvalue weighted by molar-refractivity contribution is 5.91. The fraction of sp³-hybridized carbons (Fsp3) is 0.667. The normalized spacial score (nSPS) is 18.6. The summed E-state index contributed by atoms with van der Waals surface area (Å²) in [5.41, 5.74) is 0.709. The van der Waals surface area contributed by atoms with Crippen molar-refractivity contribution in [1.29, 1.82) is 0 Å². The second-order valence-electron chi connectivity index (χ2n) is 4.62. The van der Waals surface area contributed by atoms with Crippen molar-refractivity contribution in [3.05, 3.63) is 17.5 Å². The number of nitrogens with one attached hydrogen (secondary N) is 1. The number of hydrogen-bond donors (Lipinski definition) is 1. The number of rotatable bonds is 4. The summed E-state index contributed by atoms with van der Waals surface area (Å²) in [4.78, 5) is 14.1. The van der Waals surface area contributed by atoms with Crippen LogP contribution in [-0.2, 0) is 4.74 Å². The van der Waals surface area contributed by atoms with Gasteiger partial charge in [0.1, 0.15) is 0 Å². The lowest BCUT2D eigenvalue weighted by Gasteiger charge is -2.29. The van der Waals surface area contributed by atoms with Crippen LogP contribution in [0.25, 0.3) is 0 Å². The molecule has 1 saturated heterocycles. The Morgan fingerprint density at radius 3 is 2.89 bits per heavy atom. The summed E-state index contributed by atoms with van der Waals surface area (Å²) in [5.74, 6) is 0.0534. The van der Waals surface area contributed by atoms with Gasteiger partial charge in [-0.3, -0.25) is 9.69 Å². The first-order chi connectivity index (χ1) is 8.65. The standard InChI is InChI=1S/C12H19N3O3/c1-9-7-11(18-14-9)12(16)13-10(2)8-15-3-5-17-6-4-15/h7,10H,3-6,8H2,1-2H3,(H,13,16). The van der Waals surface area contributed by atoms with Crippen molar-refractivity contribution < 1.29 is 14.1 Å². The lowest BCUT2D eigenvalue weighted by Crippen LogP contribution is -2.45. The van der Waals surface area contributed by atoms with E-state index in [9.17, 15) is 4.79 Å². The van der Waals surface area contributed by atoms with Crippen LogP contribution in [0.15, 0.2) is 10.6 Å². The van der Waals surface area contributed by atoms with E-state index >= 15 is 0 Å². The average Bonchev–Trinajstić information content (AvgIpc) is 2.77. The van der Waals surface area contributed by atoms with E-state index in [1.165, 1.54) is 0 Å². The highest BCUT2D eigenvalue weighted by atomic mass is 16.5. The SMILES string of the molecule is Cc1cc(C(=O)NC(C)CN2CCOCC2)on1. The van der Waals surface area contributed by atoms with Crippen LogP contribution in [0.1, 0.15) is 23.2 Å². The molecule has 1 fully saturated rings. The van der Waals surface area contributed by atoms with Crippen LogP contribution in [-0.4, -0.2) is 54.9 Å². The Hall–Kier alpha value is -1.40. The third kappa shape index (κ3) is 3.54. The van der Waals surface area contributed by atoms with Crippen LogP contribution < -0.4 is 5.32 Å². The van der Waals surface area contributed by atoms with Crippen LogP contribution in [0, 0.1) is 6.92 Å². The zero-order valence-electron chi connectivity index (χ0n) is 10.8. The molecule has 1 unspecified atom stereocenters. The summed E-state index contributed by atoms with van der Waals surface area (Å²) in [6.07, 6.45) is 0. The van der Waals surface area contributed by atoms with Crippen LogP contribution in [0.5, 0.6) is 0 Å². The van der Waals surface area contributed by atoms with Crippen molar-refractivity contribution in [2.45, 2.75) is 19.9 Å². The molecule has 6 heteroatoms. The molecule has 100 valence electrons. The summed E-state index contributed by atoms with van der Waals surface area (Å²) in [7, 11) is 0. The van der Waals surface area contributed by atoms with Gasteiger partial charge in [-0.2, -0.15) is 0 Å². The zero-order valence-corrected chi connectivity index (χ0v) is 10.8. The number of nitrogens with zero attached hydrogens (tertiary/aromatic N) is 2. The maximum Gasteiger partial charge on any atom is 0.290 e. The molecule has 1 amide bonds. The molecule has 1 atom stereocenters. The van der Waals surface area contributed by atoms with Gasteiger partial charge in [0, 0.05) is 31.7 Å². The van der Waals surface area contributed by atoms with Gasteiger partial charge in [0.05, 0.1) is 18.9 Å². The maximum atomic E-state index is 11.8. The fourth-order valence-electron chi connectivity index (χ4n) is 1.98. The van der Waals surface area contributed by atoms with Crippen LogP contribution in [0.3, 0.4) is 0 Å². The minimum Gasteiger partial charge on any atom is -0.379 e. The van der Waals surface area contributed by atoms with Gasteiger partial charge < -0.3 is 14.6 Å². The lowest BCUT2D eigenvalue weighted by atomic mass is 10.2. The molecule has 0 aliphatic carbocycles. The lowest BCUT2D eigenvalue weighted by molar-refractivity contribution is 0.0341. The second-order valence-corrected chi connectivity index (χ2v) is 4.62. The number of carbonyl (C=O) groups is 1. The number of aryl methyl sites for hydroxylation is 1. The minimum absolute atomic E-state index is 0.0704. The molecule has 0 bridgehead atoms. The van der Waals surface area contributed by atoms with E-state index in [0.717, 1.165) is 32.8 Å². The van der Waals surface area contributed by atoms with E-state index in [1.54, 1.807) is 13.0 Å². The number of morpholine rings is 1. The molecular formula is C12H19N3O3. The quantitative estimate of drug-likeness (QED) is 0.843. The van der Waals surface area contributed by atoms with Crippen LogP contribution >= 0.6 is 0 Å². The first-order valence-corrected chi connectivity index (χ1v) is 6.19. The summed E-state index contributed by atoms with van der Waals surface area (Å²) in [6, 6.07) is 1.71. The van der Waals surface area contributed by atoms with Crippen LogP contribution in [0.4, 0.5) is 0 Å². The van der Waals surface area contributed by atoms with Gasteiger partial charge in [-0.1, -0.05) is 5.16 Å². The van der Waals surface area contributed by atoms with Gasteiger partial charge in [0.15, 0.2) is 0 Å². The summed E-state index contributed by atoms with van der Waals surface area (Å²) in [6.45, 7) is 7.96. The maximum absolute atomic E-state index is 11.8. The highest BCUT2D eigenvalue weighted by Crippen LogP contribution is 2.03. The molecule has 1 aliphatic heterocycles. The van der Waals surface area contributed by atoms with Crippen molar-refractivity contribution in [2.75, 3.05) is 32.8 Å². The summed E-state index contributed by atoms with van der Waals surface area (Å²) in [5, 5.41) is 6.60. The van der Waals surface area contributed by atoms with Gasteiger partial charge in [-0.25, -0.2) is 0 Å². The molecule has 1 N–H and O–H groups in total. The Bertz CT molecular complexity index is 399. The Morgan fingerprint density at radius 2 is 2.28 bits per heavy atom. The highest BCUT2D eigenvalue weighted by Gasteiger charge is 2.17. The Labute approximate surface area is 106 Å². The van der Waals surface area contributed by atoms with Gasteiger partial charge in [-0.15, -0.1) is 0 Å². The Kier molecular flexibility index (Phi) is 4.33. The number of hydrogen-bond acceptors (Lipinski definition) is 5. The molecule has 2 heterocycles. The zero-order chi connectivity index (χ0) is 13.0. The molecule has 1 aromatic heterocycles. The van der Waals surface area contributed by atoms with Crippen molar-refractivity contribution in [3.8, 4) is 0 Å². The molecule has 0 aromatic carbocycles. The van der Waals surface area contributed by atoms with Gasteiger partial charge in [0.2, 0.25) is 5.76 Å². The van der Waals surface area contributed by atoms with Crippen molar-refractivity contribution in [3.63, 3.8) is 0 Å². The van der Waals surface area contributed by atoms with Gasteiger partial charge >= 0.3 is 0 Å². The average molecular weight is 253 g/mol. The molecule has 6 nitrogen and oxygen atoms in total. The van der Waals surface area contributed by atoms with E-state index in [0.29, 0.717) is 5.69 Å². The fourth-order valence-corrected chi connectivity index (χ4v) is 1.98. The Balaban J connectivity index is 1.79. The number of aromatic nitrogens is 1. The van der Waals surface area contributed by atoms with Crippen molar-refractivity contribution in [1.82, 2.24) is 15.4 Å². The molecule has 0 saturated carbocycles. The number of amides is 1. The topological polar surface area (TPSA) is 67.6 Å². The number of carbonyl (C=O) groups excluding carboxylic acids is 1.